The monoisotopic (exact) mass is 525 g/mol. The van der Waals surface area contributed by atoms with Crippen molar-refractivity contribution in [3.63, 3.8) is 0 Å². The molecule has 6 nitrogen and oxygen atoms in total. The highest BCUT2D eigenvalue weighted by Crippen LogP contribution is 2.23. The molecule has 0 fully saturated rings. The van der Waals surface area contributed by atoms with Crippen molar-refractivity contribution in [1.82, 2.24) is 5.43 Å². The Morgan fingerprint density at radius 3 is 2.64 bits per heavy atom. The molecule has 0 radical (unpaired) electrons. The standard InChI is InChI=1S/C25H24BrN3O3S/c1-3-13-31-22-10-7-18(8-11-22)24(30)32-23-12-9-20(26)15-19(23)16-27-29-25(33)28-21-6-4-5-17(2)14-21/h4-12,14-16H,3,13H2,1-2H3,(H2,28,29,33). The van der Waals surface area contributed by atoms with Crippen molar-refractivity contribution >= 4 is 51.1 Å². The van der Waals surface area contributed by atoms with Gasteiger partial charge in [-0.25, -0.2) is 4.79 Å². The maximum Gasteiger partial charge on any atom is 0.343 e. The molecule has 0 saturated carbocycles. The highest BCUT2D eigenvalue weighted by atomic mass is 79.9. The Hall–Kier alpha value is -3.23. The van der Waals surface area contributed by atoms with Gasteiger partial charge in [0.25, 0.3) is 0 Å². The van der Waals surface area contributed by atoms with Crippen LogP contribution in [-0.4, -0.2) is 23.9 Å². The van der Waals surface area contributed by atoms with Gasteiger partial charge in [0.1, 0.15) is 11.5 Å². The van der Waals surface area contributed by atoms with E-state index >= 15 is 0 Å². The van der Waals surface area contributed by atoms with E-state index < -0.39 is 5.97 Å². The number of nitrogens with zero attached hydrogens (tertiary/aromatic N) is 1. The summed E-state index contributed by atoms with van der Waals surface area (Å²) >= 11 is 8.72. The van der Waals surface area contributed by atoms with E-state index in [0.29, 0.717) is 34.3 Å². The highest BCUT2D eigenvalue weighted by Gasteiger charge is 2.12. The molecule has 0 aromatic heterocycles. The molecule has 3 rings (SSSR count). The zero-order valence-electron chi connectivity index (χ0n) is 18.3. The number of ether oxygens (including phenoxy) is 2. The molecule has 0 spiro atoms. The lowest BCUT2D eigenvalue weighted by atomic mass is 10.2. The van der Waals surface area contributed by atoms with E-state index in [-0.39, 0.29) is 0 Å². The summed E-state index contributed by atoms with van der Waals surface area (Å²) in [5.41, 5.74) is 5.79. The zero-order valence-corrected chi connectivity index (χ0v) is 20.7. The molecule has 0 unspecified atom stereocenters. The summed E-state index contributed by atoms with van der Waals surface area (Å²) in [5.74, 6) is 0.613. The van der Waals surface area contributed by atoms with E-state index in [0.717, 1.165) is 22.1 Å². The van der Waals surface area contributed by atoms with E-state index in [2.05, 4.69) is 31.8 Å². The van der Waals surface area contributed by atoms with Crippen LogP contribution in [0.25, 0.3) is 0 Å². The first kappa shape index (κ1) is 24.4. The third kappa shape index (κ3) is 7.69. The number of benzene rings is 3. The van der Waals surface area contributed by atoms with Crippen LogP contribution in [0.5, 0.6) is 11.5 Å². The molecular weight excluding hydrogens is 502 g/mol. The second-order valence-electron chi connectivity index (χ2n) is 7.14. The summed E-state index contributed by atoms with van der Waals surface area (Å²) < 4.78 is 12.0. The summed E-state index contributed by atoms with van der Waals surface area (Å²) in [6.07, 6.45) is 2.46. The van der Waals surface area contributed by atoms with Crippen LogP contribution >= 0.6 is 28.1 Å². The predicted molar refractivity (Wildman–Crippen MR) is 139 cm³/mol. The Kier molecular flexibility index (Phi) is 8.97. The van der Waals surface area contributed by atoms with Crippen molar-refractivity contribution in [3.8, 4) is 11.5 Å². The van der Waals surface area contributed by atoms with Crippen molar-refractivity contribution in [1.29, 1.82) is 0 Å². The summed E-state index contributed by atoms with van der Waals surface area (Å²) in [6.45, 7) is 4.67. The number of aryl methyl sites for hydroxylation is 1. The van der Waals surface area contributed by atoms with Gasteiger partial charge < -0.3 is 14.8 Å². The van der Waals surface area contributed by atoms with Crippen LogP contribution in [0.15, 0.2) is 76.3 Å². The number of hydrogen-bond acceptors (Lipinski definition) is 5. The highest BCUT2D eigenvalue weighted by molar-refractivity contribution is 9.10. The van der Waals surface area contributed by atoms with Crippen LogP contribution in [0.1, 0.15) is 34.8 Å². The van der Waals surface area contributed by atoms with Crippen LogP contribution in [0, 0.1) is 6.92 Å². The quantitative estimate of drug-likeness (QED) is 0.122. The summed E-state index contributed by atoms with van der Waals surface area (Å²) in [6, 6.07) is 20.0. The van der Waals surface area contributed by atoms with Crippen LogP contribution in [0.4, 0.5) is 5.69 Å². The van der Waals surface area contributed by atoms with Crippen molar-refractivity contribution in [2.24, 2.45) is 5.10 Å². The Morgan fingerprint density at radius 2 is 1.91 bits per heavy atom. The molecule has 0 aliphatic rings. The molecule has 0 atom stereocenters. The fourth-order valence-corrected chi connectivity index (χ4v) is 3.37. The fourth-order valence-electron chi connectivity index (χ4n) is 2.82. The number of anilines is 1. The van der Waals surface area contributed by atoms with Gasteiger partial charge in [0.15, 0.2) is 5.11 Å². The maximum atomic E-state index is 12.6. The molecule has 3 aromatic carbocycles. The summed E-state index contributed by atoms with van der Waals surface area (Å²) in [4.78, 5) is 12.6. The maximum absolute atomic E-state index is 12.6. The minimum atomic E-state index is -0.474. The number of nitrogens with one attached hydrogen (secondary N) is 2. The Morgan fingerprint density at radius 1 is 1.12 bits per heavy atom. The minimum absolute atomic E-state index is 0.343. The number of esters is 1. The number of hydrogen-bond donors (Lipinski definition) is 2. The molecular formula is C25H24BrN3O3S. The minimum Gasteiger partial charge on any atom is -0.494 e. The fraction of sp³-hybridized carbons (Fsp3) is 0.160. The van der Waals surface area contributed by atoms with Gasteiger partial charge in [-0.05, 0) is 85.7 Å². The predicted octanol–water partition coefficient (Wildman–Crippen LogP) is 6.09. The molecule has 0 aliphatic heterocycles. The molecule has 3 aromatic rings. The normalized spacial score (nSPS) is 10.6. The number of thiocarbonyl (C=S) groups is 1. The number of carbonyl (C=O) groups excluding carboxylic acids is 1. The Labute approximate surface area is 207 Å². The second-order valence-corrected chi connectivity index (χ2v) is 8.46. The number of carbonyl (C=O) groups is 1. The number of rotatable bonds is 8. The zero-order chi connectivity index (χ0) is 23.6. The van der Waals surface area contributed by atoms with Crippen LogP contribution in [0.3, 0.4) is 0 Å². The Bertz CT molecular complexity index is 1150. The molecule has 2 N–H and O–H groups in total. The third-order valence-corrected chi connectivity index (χ3v) is 5.07. The molecule has 0 amide bonds. The van der Waals surface area contributed by atoms with Crippen LogP contribution < -0.4 is 20.2 Å². The van der Waals surface area contributed by atoms with Gasteiger partial charge in [-0.15, -0.1) is 0 Å². The molecule has 0 heterocycles. The lowest BCUT2D eigenvalue weighted by Gasteiger charge is -2.10. The molecule has 0 saturated heterocycles. The molecule has 33 heavy (non-hydrogen) atoms. The van der Waals surface area contributed by atoms with E-state index in [1.807, 2.05) is 38.1 Å². The molecule has 0 bridgehead atoms. The number of hydrazone groups is 1. The first-order valence-corrected chi connectivity index (χ1v) is 11.6. The summed E-state index contributed by atoms with van der Waals surface area (Å²) in [7, 11) is 0. The molecule has 0 aliphatic carbocycles. The summed E-state index contributed by atoms with van der Waals surface area (Å²) in [5, 5.41) is 7.59. The van der Waals surface area contributed by atoms with Crippen molar-refractivity contribution in [2.75, 3.05) is 11.9 Å². The van der Waals surface area contributed by atoms with E-state index in [4.69, 9.17) is 21.7 Å². The first-order valence-electron chi connectivity index (χ1n) is 10.4. The van der Waals surface area contributed by atoms with Crippen molar-refractivity contribution < 1.29 is 14.3 Å². The average Bonchev–Trinajstić information content (AvgIpc) is 2.79. The van der Waals surface area contributed by atoms with Gasteiger partial charge >= 0.3 is 5.97 Å². The van der Waals surface area contributed by atoms with E-state index in [9.17, 15) is 4.79 Å². The van der Waals surface area contributed by atoms with Crippen molar-refractivity contribution in [2.45, 2.75) is 20.3 Å². The van der Waals surface area contributed by atoms with Gasteiger partial charge in [0.2, 0.25) is 0 Å². The van der Waals surface area contributed by atoms with Crippen LogP contribution in [-0.2, 0) is 0 Å². The second kappa shape index (κ2) is 12.1. The van der Waals surface area contributed by atoms with Gasteiger partial charge in [-0.2, -0.15) is 5.10 Å². The van der Waals surface area contributed by atoms with Gasteiger partial charge in [0.05, 0.1) is 18.4 Å². The smallest absolute Gasteiger partial charge is 0.343 e. The third-order valence-electron chi connectivity index (χ3n) is 4.38. The van der Waals surface area contributed by atoms with Gasteiger partial charge in [-0.1, -0.05) is 35.0 Å². The molecule has 8 heteroatoms. The SMILES string of the molecule is CCCOc1ccc(C(=O)Oc2ccc(Br)cc2C=NNC(=S)Nc2cccc(C)c2)cc1. The first-order chi connectivity index (χ1) is 15.9. The van der Waals surface area contributed by atoms with Crippen molar-refractivity contribution in [3.05, 3.63) is 87.9 Å². The van der Waals surface area contributed by atoms with E-state index in [1.165, 1.54) is 0 Å². The van der Waals surface area contributed by atoms with E-state index in [1.54, 1.807) is 48.7 Å². The van der Waals surface area contributed by atoms with Crippen LogP contribution in [0.2, 0.25) is 0 Å². The topological polar surface area (TPSA) is 72.0 Å². The molecule has 170 valence electrons. The lowest BCUT2D eigenvalue weighted by molar-refractivity contribution is 0.0734. The largest absolute Gasteiger partial charge is 0.494 e. The average molecular weight is 526 g/mol. The number of halogens is 1. The van der Waals surface area contributed by atoms with Gasteiger partial charge in [-0.3, -0.25) is 5.43 Å². The van der Waals surface area contributed by atoms with Gasteiger partial charge in [0, 0.05) is 15.7 Å². The lowest BCUT2D eigenvalue weighted by Crippen LogP contribution is -2.23. The Balaban J connectivity index is 1.64.